The number of aromatic nitrogens is 2. The van der Waals surface area contributed by atoms with E-state index in [0.29, 0.717) is 0 Å². The number of rotatable bonds is 0. The van der Waals surface area contributed by atoms with Crippen molar-refractivity contribution in [1.82, 2.24) is 9.97 Å². The smallest absolute Gasteiger partial charge is 0.125 e. The Morgan fingerprint density at radius 3 is 2.91 bits per heavy atom. The molecule has 2 aromatic rings. The van der Waals surface area contributed by atoms with Gasteiger partial charge < -0.3 is 0 Å². The summed E-state index contributed by atoms with van der Waals surface area (Å²) < 4.78 is 0. The fourth-order valence-electron chi connectivity index (χ4n) is 1.06. The van der Waals surface area contributed by atoms with Crippen molar-refractivity contribution in [3.8, 4) is 0 Å². The van der Waals surface area contributed by atoms with E-state index in [4.69, 9.17) is 0 Å². The standard InChI is InChI=1S/C9H8N2/c1-7-10-6-8-4-2-3-5-9(8)11-7/h2-6H,1H3. The average molecular weight is 144 g/mol. The molecule has 2 rings (SSSR count). The van der Waals surface area contributed by atoms with Crippen LogP contribution in [0.5, 0.6) is 0 Å². The van der Waals surface area contributed by atoms with Crippen LogP contribution in [0.4, 0.5) is 0 Å². The van der Waals surface area contributed by atoms with Gasteiger partial charge in [0.15, 0.2) is 0 Å². The Labute approximate surface area is 64.9 Å². The number of hydrogen-bond acceptors (Lipinski definition) is 2. The molecule has 0 N–H and O–H groups in total. The van der Waals surface area contributed by atoms with E-state index in [-0.39, 0.29) is 0 Å². The third-order valence-electron chi connectivity index (χ3n) is 1.61. The summed E-state index contributed by atoms with van der Waals surface area (Å²) in [6.07, 6.45) is 1.84. The Morgan fingerprint density at radius 2 is 2.00 bits per heavy atom. The Kier molecular flexibility index (Phi) is 1.32. The predicted molar refractivity (Wildman–Crippen MR) is 44.3 cm³/mol. The topological polar surface area (TPSA) is 25.8 Å². The molecule has 2 nitrogen and oxygen atoms in total. The lowest BCUT2D eigenvalue weighted by Crippen LogP contribution is -1.86. The van der Waals surface area contributed by atoms with Crippen LogP contribution in [0.1, 0.15) is 5.82 Å². The van der Waals surface area contributed by atoms with Gasteiger partial charge in [0.2, 0.25) is 0 Å². The van der Waals surface area contributed by atoms with Crippen LogP contribution in [0, 0.1) is 6.92 Å². The molecule has 0 unspecified atom stereocenters. The van der Waals surface area contributed by atoms with E-state index >= 15 is 0 Å². The second-order valence-corrected chi connectivity index (χ2v) is 2.48. The Bertz CT molecular complexity index is 382. The summed E-state index contributed by atoms with van der Waals surface area (Å²) in [6.45, 7) is 1.90. The molecule has 0 saturated carbocycles. The Morgan fingerprint density at radius 1 is 1.18 bits per heavy atom. The quantitative estimate of drug-likeness (QED) is 0.564. The number of fused-ring (bicyclic) bond motifs is 1. The van der Waals surface area contributed by atoms with Crippen LogP contribution >= 0.6 is 0 Å². The summed E-state index contributed by atoms with van der Waals surface area (Å²) in [6, 6.07) is 7.97. The molecule has 1 heterocycles. The van der Waals surface area contributed by atoms with Crippen LogP contribution in [0.3, 0.4) is 0 Å². The highest BCUT2D eigenvalue weighted by molar-refractivity contribution is 5.77. The van der Waals surface area contributed by atoms with Gasteiger partial charge in [0, 0.05) is 11.6 Å². The van der Waals surface area contributed by atoms with Crippen molar-refractivity contribution in [3.63, 3.8) is 0 Å². The zero-order chi connectivity index (χ0) is 7.68. The highest BCUT2D eigenvalue weighted by Gasteiger charge is 1.92. The summed E-state index contributed by atoms with van der Waals surface area (Å²) in [7, 11) is 0. The van der Waals surface area contributed by atoms with E-state index in [1.54, 1.807) is 0 Å². The molecule has 0 aliphatic heterocycles. The summed E-state index contributed by atoms with van der Waals surface area (Å²) in [5.74, 6) is 0.823. The summed E-state index contributed by atoms with van der Waals surface area (Å²) in [4.78, 5) is 8.36. The molecule has 1 aromatic carbocycles. The van der Waals surface area contributed by atoms with E-state index in [2.05, 4.69) is 9.97 Å². The van der Waals surface area contributed by atoms with Crippen molar-refractivity contribution >= 4 is 10.9 Å². The first-order valence-corrected chi connectivity index (χ1v) is 3.55. The zero-order valence-corrected chi connectivity index (χ0v) is 6.28. The number of aryl methyl sites for hydroxylation is 1. The first-order valence-electron chi connectivity index (χ1n) is 3.55. The minimum atomic E-state index is 0.823. The molecule has 2 heteroatoms. The van der Waals surface area contributed by atoms with Gasteiger partial charge in [-0.3, -0.25) is 0 Å². The predicted octanol–water partition coefficient (Wildman–Crippen LogP) is 1.94. The van der Waals surface area contributed by atoms with Crippen molar-refractivity contribution in [3.05, 3.63) is 36.3 Å². The highest BCUT2D eigenvalue weighted by Crippen LogP contribution is 2.08. The maximum absolute atomic E-state index is 4.26. The molecule has 11 heavy (non-hydrogen) atoms. The number of benzene rings is 1. The van der Waals surface area contributed by atoms with Crippen LogP contribution in [-0.2, 0) is 0 Å². The molecular weight excluding hydrogens is 136 g/mol. The van der Waals surface area contributed by atoms with Crippen LogP contribution in [0.15, 0.2) is 30.5 Å². The fourth-order valence-corrected chi connectivity index (χ4v) is 1.06. The van der Waals surface area contributed by atoms with E-state index in [1.807, 2.05) is 37.4 Å². The Hall–Kier alpha value is -1.44. The van der Waals surface area contributed by atoms with Gasteiger partial charge in [-0.15, -0.1) is 0 Å². The van der Waals surface area contributed by atoms with Crippen molar-refractivity contribution in [2.75, 3.05) is 0 Å². The van der Waals surface area contributed by atoms with Crippen LogP contribution < -0.4 is 0 Å². The van der Waals surface area contributed by atoms with E-state index < -0.39 is 0 Å². The van der Waals surface area contributed by atoms with E-state index in [0.717, 1.165) is 16.7 Å². The molecule has 0 atom stereocenters. The largest absolute Gasteiger partial charge is 0.241 e. The molecule has 0 radical (unpaired) electrons. The molecule has 0 fully saturated rings. The molecule has 54 valence electrons. The lowest BCUT2D eigenvalue weighted by atomic mass is 10.2. The summed E-state index contributed by atoms with van der Waals surface area (Å²) in [5, 5.41) is 1.10. The third kappa shape index (κ3) is 1.07. The van der Waals surface area contributed by atoms with Crippen molar-refractivity contribution in [2.24, 2.45) is 0 Å². The number of para-hydroxylation sites is 1. The van der Waals surface area contributed by atoms with Crippen molar-refractivity contribution in [1.29, 1.82) is 0 Å². The first-order chi connectivity index (χ1) is 5.36. The monoisotopic (exact) mass is 144 g/mol. The summed E-state index contributed by atoms with van der Waals surface area (Å²) >= 11 is 0. The molecule has 0 spiro atoms. The van der Waals surface area contributed by atoms with Gasteiger partial charge in [0.1, 0.15) is 5.82 Å². The van der Waals surface area contributed by atoms with Gasteiger partial charge in [-0.1, -0.05) is 18.2 Å². The van der Waals surface area contributed by atoms with Crippen LogP contribution in [0.2, 0.25) is 0 Å². The van der Waals surface area contributed by atoms with Crippen molar-refractivity contribution in [2.45, 2.75) is 6.92 Å². The Balaban J connectivity index is 2.83. The maximum Gasteiger partial charge on any atom is 0.125 e. The van der Waals surface area contributed by atoms with Crippen LogP contribution in [-0.4, -0.2) is 9.97 Å². The van der Waals surface area contributed by atoms with Gasteiger partial charge in [0.05, 0.1) is 5.52 Å². The molecule has 0 bridgehead atoms. The fraction of sp³-hybridized carbons (Fsp3) is 0.111. The summed E-state index contributed by atoms with van der Waals surface area (Å²) in [5.41, 5.74) is 1.01. The third-order valence-corrected chi connectivity index (χ3v) is 1.61. The zero-order valence-electron chi connectivity index (χ0n) is 6.28. The van der Waals surface area contributed by atoms with Gasteiger partial charge in [-0.05, 0) is 13.0 Å². The lowest BCUT2D eigenvalue weighted by Gasteiger charge is -1.95. The molecular formula is C9H8N2. The molecule has 0 amide bonds. The SMILES string of the molecule is Cc1ncc2ccccc2n1. The van der Waals surface area contributed by atoms with Gasteiger partial charge in [-0.25, -0.2) is 9.97 Å². The minimum Gasteiger partial charge on any atom is -0.241 e. The van der Waals surface area contributed by atoms with Gasteiger partial charge in [0.25, 0.3) is 0 Å². The normalized spacial score (nSPS) is 10.3. The highest BCUT2D eigenvalue weighted by atomic mass is 14.9. The van der Waals surface area contributed by atoms with Crippen molar-refractivity contribution < 1.29 is 0 Å². The number of nitrogens with zero attached hydrogens (tertiary/aromatic N) is 2. The molecule has 1 aromatic heterocycles. The first kappa shape index (κ1) is 6.28. The minimum absolute atomic E-state index is 0.823. The second-order valence-electron chi connectivity index (χ2n) is 2.48. The van der Waals surface area contributed by atoms with E-state index in [1.165, 1.54) is 0 Å². The van der Waals surface area contributed by atoms with Gasteiger partial charge >= 0.3 is 0 Å². The number of hydrogen-bond donors (Lipinski definition) is 0. The molecule has 0 aliphatic carbocycles. The average Bonchev–Trinajstić information content (AvgIpc) is 2.04. The second kappa shape index (κ2) is 2.31. The molecule has 0 saturated heterocycles. The van der Waals surface area contributed by atoms with E-state index in [9.17, 15) is 0 Å². The lowest BCUT2D eigenvalue weighted by molar-refractivity contribution is 1.09. The molecule has 0 aliphatic rings. The van der Waals surface area contributed by atoms with Crippen LogP contribution in [0.25, 0.3) is 10.9 Å². The van der Waals surface area contributed by atoms with Gasteiger partial charge in [-0.2, -0.15) is 0 Å². The maximum atomic E-state index is 4.26.